The van der Waals surface area contributed by atoms with E-state index in [1.54, 1.807) is 0 Å². The average molecular weight is 304 g/mol. The molecule has 1 aliphatic carbocycles. The Morgan fingerprint density at radius 2 is 1.91 bits per heavy atom. The van der Waals surface area contributed by atoms with Gasteiger partial charge in [0, 0.05) is 18.6 Å². The number of hydrogen-bond donors (Lipinski definition) is 2. The van der Waals surface area contributed by atoms with Gasteiger partial charge in [-0.1, -0.05) is 30.3 Å². The van der Waals surface area contributed by atoms with Gasteiger partial charge in [0.1, 0.15) is 5.60 Å². The Balaban J connectivity index is 1.84. The lowest BCUT2D eigenvalue weighted by Crippen LogP contribution is -2.44. The molecule has 1 aromatic rings. The summed E-state index contributed by atoms with van der Waals surface area (Å²) in [6.07, 6.45) is 2.12. The van der Waals surface area contributed by atoms with Crippen LogP contribution in [-0.2, 0) is 4.74 Å². The highest BCUT2D eigenvalue weighted by atomic mass is 16.6. The van der Waals surface area contributed by atoms with Crippen LogP contribution >= 0.6 is 0 Å². The van der Waals surface area contributed by atoms with E-state index < -0.39 is 5.60 Å². The van der Waals surface area contributed by atoms with Gasteiger partial charge >= 0.3 is 6.09 Å². The second-order valence-electron chi connectivity index (χ2n) is 7.13. The van der Waals surface area contributed by atoms with Gasteiger partial charge in [-0.05, 0) is 52.0 Å². The number of ether oxygens (including phenoxy) is 1. The summed E-state index contributed by atoms with van der Waals surface area (Å²) in [4.78, 5) is 11.8. The molecular weight excluding hydrogens is 276 g/mol. The molecule has 0 saturated heterocycles. The minimum absolute atomic E-state index is 0.271. The summed E-state index contributed by atoms with van der Waals surface area (Å²) >= 11 is 0. The molecule has 0 radical (unpaired) electrons. The minimum atomic E-state index is -0.454. The van der Waals surface area contributed by atoms with Crippen LogP contribution in [0.4, 0.5) is 4.79 Å². The highest BCUT2D eigenvalue weighted by Crippen LogP contribution is 2.33. The van der Waals surface area contributed by atoms with E-state index in [-0.39, 0.29) is 12.1 Å². The smallest absolute Gasteiger partial charge is 0.407 e. The molecule has 22 heavy (non-hydrogen) atoms. The zero-order chi connectivity index (χ0) is 16.2. The van der Waals surface area contributed by atoms with Gasteiger partial charge in [0.05, 0.1) is 0 Å². The Kier molecular flexibility index (Phi) is 5.46. The second kappa shape index (κ2) is 7.14. The molecule has 4 nitrogen and oxygen atoms in total. The fourth-order valence-electron chi connectivity index (χ4n) is 2.53. The molecule has 0 spiro atoms. The van der Waals surface area contributed by atoms with E-state index in [2.05, 4.69) is 41.8 Å². The van der Waals surface area contributed by atoms with Crippen LogP contribution < -0.4 is 10.6 Å². The molecule has 0 heterocycles. The van der Waals surface area contributed by atoms with E-state index in [1.807, 2.05) is 26.8 Å². The van der Waals surface area contributed by atoms with Crippen molar-refractivity contribution in [3.8, 4) is 0 Å². The van der Waals surface area contributed by atoms with Crippen LogP contribution in [-0.4, -0.2) is 24.3 Å². The molecule has 2 N–H and O–H groups in total. The molecule has 0 aromatic heterocycles. The molecule has 1 fully saturated rings. The summed E-state index contributed by atoms with van der Waals surface area (Å²) in [5.74, 6) is 0.654. The first-order valence-electron chi connectivity index (χ1n) is 8.13. The van der Waals surface area contributed by atoms with E-state index in [0.717, 1.165) is 0 Å². The van der Waals surface area contributed by atoms with E-state index >= 15 is 0 Å². The van der Waals surface area contributed by atoms with Crippen molar-refractivity contribution in [2.75, 3.05) is 6.54 Å². The third-order valence-electron chi connectivity index (χ3n) is 3.82. The Hall–Kier alpha value is -1.55. The number of carbonyl (C=O) groups is 1. The topological polar surface area (TPSA) is 50.4 Å². The van der Waals surface area contributed by atoms with Gasteiger partial charge in [-0.25, -0.2) is 4.79 Å². The fraction of sp³-hybridized carbons (Fsp3) is 0.611. The third kappa shape index (κ3) is 5.68. The van der Waals surface area contributed by atoms with Crippen molar-refractivity contribution in [3.63, 3.8) is 0 Å². The van der Waals surface area contributed by atoms with Crippen LogP contribution in [0.25, 0.3) is 0 Å². The summed E-state index contributed by atoms with van der Waals surface area (Å²) in [6, 6.07) is 11.0. The van der Waals surface area contributed by atoms with E-state index in [1.165, 1.54) is 18.4 Å². The predicted molar refractivity (Wildman–Crippen MR) is 88.7 cm³/mol. The maximum absolute atomic E-state index is 11.8. The van der Waals surface area contributed by atoms with E-state index in [4.69, 9.17) is 4.74 Å². The van der Waals surface area contributed by atoms with Crippen LogP contribution in [0.15, 0.2) is 30.3 Å². The zero-order valence-electron chi connectivity index (χ0n) is 14.1. The van der Waals surface area contributed by atoms with Crippen molar-refractivity contribution >= 4 is 6.09 Å². The Bertz CT molecular complexity index is 478. The van der Waals surface area contributed by atoms with E-state index in [9.17, 15) is 4.79 Å². The van der Waals surface area contributed by atoms with Crippen LogP contribution in [0, 0.1) is 5.92 Å². The van der Waals surface area contributed by atoms with Gasteiger partial charge in [-0.15, -0.1) is 0 Å². The molecular formula is C18H28N2O2. The first-order chi connectivity index (χ1) is 10.3. The molecule has 1 aromatic carbocycles. The molecule has 1 aliphatic rings. The van der Waals surface area contributed by atoms with Crippen molar-refractivity contribution in [1.82, 2.24) is 10.6 Å². The summed E-state index contributed by atoms with van der Waals surface area (Å²) in [7, 11) is 0. The molecule has 122 valence electrons. The maximum Gasteiger partial charge on any atom is 0.407 e. The van der Waals surface area contributed by atoms with Crippen LogP contribution in [0.3, 0.4) is 0 Å². The van der Waals surface area contributed by atoms with Gasteiger partial charge in [0.25, 0.3) is 0 Å². The zero-order valence-corrected chi connectivity index (χ0v) is 14.1. The predicted octanol–water partition coefficient (Wildman–Crippen LogP) is 3.64. The average Bonchev–Trinajstić information content (AvgIpc) is 3.26. The van der Waals surface area contributed by atoms with Gasteiger partial charge < -0.3 is 15.4 Å². The summed E-state index contributed by atoms with van der Waals surface area (Å²) in [6.45, 7) is 8.40. The number of alkyl carbamates (subject to hydrolysis) is 1. The standard InChI is InChI=1S/C18H28N2O2/c1-13(14-8-6-5-7-9-14)20-16(15-10-11-15)12-19-17(21)22-18(2,3)4/h5-9,13,15-16,20H,10-12H2,1-4H3,(H,19,21)/t13-,16-/m0/s1. The summed E-state index contributed by atoms with van der Waals surface area (Å²) < 4.78 is 5.30. The number of rotatable bonds is 6. The third-order valence-corrected chi connectivity index (χ3v) is 3.82. The lowest BCUT2D eigenvalue weighted by atomic mass is 10.1. The Morgan fingerprint density at radius 1 is 1.27 bits per heavy atom. The molecule has 2 rings (SSSR count). The lowest BCUT2D eigenvalue weighted by molar-refractivity contribution is 0.0520. The number of hydrogen-bond acceptors (Lipinski definition) is 3. The maximum atomic E-state index is 11.8. The van der Waals surface area contributed by atoms with Gasteiger partial charge in [-0.2, -0.15) is 0 Å². The first-order valence-corrected chi connectivity index (χ1v) is 8.13. The fourth-order valence-corrected chi connectivity index (χ4v) is 2.53. The quantitative estimate of drug-likeness (QED) is 0.843. The second-order valence-corrected chi connectivity index (χ2v) is 7.13. The monoisotopic (exact) mass is 304 g/mol. The number of carbonyl (C=O) groups excluding carboxylic acids is 1. The van der Waals surface area contributed by atoms with Crippen molar-refractivity contribution in [2.24, 2.45) is 5.92 Å². The van der Waals surface area contributed by atoms with Crippen molar-refractivity contribution < 1.29 is 9.53 Å². The van der Waals surface area contributed by atoms with Crippen LogP contribution in [0.5, 0.6) is 0 Å². The minimum Gasteiger partial charge on any atom is -0.444 e. The number of nitrogens with one attached hydrogen (secondary N) is 2. The van der Waals surface area contributed by atoms with Crippen molar-refractivity contribution in [3.05, 3.63) is 35.9 Å². The van der Waals surface area contributed by atoms with E-state index in [0.29, 0.717) is 18.5 Å². The van der Waals surface area contributed by atoms with Gasteiger partial charge in [-0.3, -0.25) is 0 Å². The highest BCUT2D eigenvalue weighted by Gasteiger charge is 2.32. The Labute approximate surface area is 133 Å². The molecule has 1 saturated carbocycles. The molecule has 0 unspecified atom stereocenters. The lowest BCUT2D eigenvalue weighted by Gasteiger charge is -2.25. The molecule has 0 bridgehead atoms. The van der Waals surface area contributed by atoms with Crippen molar-refractivity contribution in [2.45, 2.75) is 58.2 Å². The normalized spacial score (nSPS) is 17.6. The summed E-state index contributed by atoms with van der Waals surface area (Å²) in [5.41, 5.74) is 0.814. The van der Waals surface area contributed by atoms with Crippen LogP contribution in [0.1, 0.15) is 52.1 Å². The van der Waals surface area contributed by atoms with Crippen LogP contribution in [0.2, 0.25) is 0 Å². The number of benzene rings is 1. The first kappa shape index (κ1) is 16.8. The Morgan fingerprint density at radius 3 is 2.45 bits per heavy atom. The molecule has 1 amide bonds. The van der Waals surface area contributed by atoms with Crippen molar-refractivity contribution in [1.29, 1.82) is 0 Å². The molecule has 0 aliphatic heterocycles. The molecule has 4 heteroatoms. The molecule has 2 atom stereocenters. The van der Waals surface area contributed by atoms with Gasteiger partial charge in [0.15, 0.2) is 0 Å². The SMILES string of the molecule is C[C@H](N[C@@H](CNC(=O)OC(C)(C)C)C1CC1)c1ccccc1. The van der Waals surface area contributed by atoms with Gasteiger partial charge in [0.2, 0.25) is 0 Å². The largest absolute Gasteiger partial charge is 0.444 e. The summed E-state index contributed by atoms with van der Waals surface area (Å²) in [5, 5.41) is 6.54. The highest BCUT2D eigenvalue weighted by molar-refractivity contribution is 5.67. The number of amides is 1.